The molecule has 0 saturated carbocycles. The van der Waals surface area contributed by atoms with Crippen molar-refractivity contribution in [1.82, 2.24) is 14.4 Å². The van der Waals surface area contributed by atoms with Gasteiger partial charge in [0.2, 0.25) is 0 Å². The van der Waals surface area contributed by atoms with Crippen molar-refractivity contribution < 1.29 is 0 Å². The minimum atomic E-state index is 0.968. The van der Waals surface area contributed by atoms with E-state index in [9.17, 15) is 0 Å². The smallest absolute Gasteiger partial charge is 0.111 e. The molecule has 2 heterocycles. The number of hydrogen-bond donors (Lipinski definition) is 0. The quantitative estimate of drug-likeness (QED) is 0.537. The summed E-state index contributed by atoms with van der Waals surface area (Å²) in [5, 5.41) is 0. The monoisotopic (exact) mass is 133 g/mol. The maximum Gasteiger partial charge on any atom is 0.111 e. The summed E-state index contributed by atoms with van der Waals surface area (Å²) in [7, 11) is 0. The van der Waals surface area contributed by atoms with Crippen LogP contribution in [-0.2, 0) is 0 Å². The van der Waals surface area contributed by atoms with E-state index in [-0.39, 0.29) is 0 Å². The van der Waals surface area contributed by atoms with Crippen LogP contribution >= 0.6 is 0 Å². The highest BCUT2D eigenvalue weighted by molar-refractivity contribution is 5.43. The van der Waals surface area contributed by atoms with E-state index in [4.69, 9.17) is 0 Å². The topological polar surface area (TPSA) is 30.2 Å². The molecule has 3 heteroatoms. The lowest BCUT2D eigenvalue weighted by Crippen LogP contribution is -1.90. The lowest BCUT2D eigenvalue weighted by Gasteiger charge is -1.94. The number of nitrogens with zero attached hydrogens (tertiary/aromatic N) is 3. The highest BCUT2D eigenvalue weighted by atomic mass is 15.0. The Kier molecular flexibility index (Phi) is 0.974. The first-order chi connectivity index (χ1) is 4.88. The van der Waals surface area contributed by atoms with Crippen LogP contribution in [-0.4, -0.2) is 14.4 Å². The van der Waals surface area contributed by atoms with Crippen LogP contribution in [0.15, 0.2) is 24.8 Å². The van der Waals surface area contributed by atoms with Gasteiger partial charge in [-0.05, 0) is 13.0 Å². The minimum Gasteiger partial charge on any atom is -0.287 e. The Bertz CT molecular complexity index is 350. The van der Waals surface area contributed by atoms with Gasteiger partial charge in [-0.15, -0.1) is 0 Å². The van der Waals surface area contributed by atoms with Gasteiger partial charge in [-0.1, -0.05) is 0 Å². The van der Waals surface area contributed by atoms with Gasteiger partial charge < -0.3 is 0 Å². The van der Waals surface area contributed by atoms with Crippen molar-refractivity contribution in [3.8, 4) is 0 Å². The molecule has 0 fully saturated rings. The number of hydrogen-bond acceptors (Lipinski definition) is 2. The molecule has 0 aliphatic rings. The Morgan fingerprint density at radius 2 is 2.40 bits per heavy atom. The zero-order valence-electron chi connectivity index (χ0n) is 5.65. The molecule has 0 radical (unpaired) electrons. The molecule has 2 rings (SSSR count). The molecule has 2 aromatic rings. The van der Waals surface area contributed by atoms with Crippen molar-refractivity contribution >= 4 is 5.52 Å². The summed E-state index contributed by atoms with van der Waals surface area (Å²) in [4.78, 5) is 8.09. The molecule has 0 aliphatic heterocycles. The summed E-state index contributed by atoms with van der Waals surface area (Å²) in [5.41, 5.74) is 1.09. The summed E-state index contributed by atoms with van der Waals surface area (Å²) in [6.07, 6.45) is 5.36. The zero-order valence-corrected chi connectivity index (χ0v) is 5.65. The van der Waals surface area contributed by atoms with Crippen molar-refractivity contribution in [3.05, 3.63) is 30.6 Å². The largest absolute Gasteiger partial charge is 0.287 e. The van der Waals surface area contributed by atoms with Crippen LogP contribution < -0.4 is 0 Å². The van der Waals surface area contributed by atoms with Crippen LogP contribution in [0.1, 0.15) is 5.82 Å². The summed E-state index contributed by atoms with van der Waals surface area (Å²) in [6, 6.07) is 1.93. The van der Waals surface area contributed by atoms with Crippen molar-refractivity contribution in [1.29, 1.82) is 0 Å². The normalized spacial score (nSPS) is 10.5. The number of aryl methyl sites for hydroxylation is 1. The fourth-order valence-electron chi connectivity index (χ4n) is 0.983. The molecule has 10 heavy (non-hydrogen) atoms. The maximum absolute atomic E-state index is 4.10. The third kappa shape index (κ3) is 0.603. The van der Waals surface area contributed by atoms with Gasteiger partial charge in [0.15, 0.2) is 0 Å². The molecular formula is C7H7N3. The number of imidazole rings is 1. The predicted molar refractivity (Wildman–Crippen MR) is 37.7 cm³/mol. The highest BCUT2D eigenvalue weighted by Crippen LogP contribution is 2.01. The molecule has 0 N–H and O–H groups in total. The summed E-state index contributed by atoms with van der Waals surface area (Å²) >= 11 is 0. The van der Waals surface area contributed by atoms with Crippen molar-refractivity contribution in [2.24, 2.45) is 0 Å². The van der Waals surface area contributed by atoms with E-state index < -0.39 is 0 Å². The second-order valence-corrected chi connectivity index (χ2v) is 2.18. The predicted octanol–water partition coefficient (Wildman–Crippen LogP) is 1.04. The summed E-state index contributed by atoms with van der Waals surface area (Å²) in [6.45, 7) is 1.95. The second kappa shape index (κ2) is 1.80. The first-order valence-corrected chi connectivity index (χ1v) is 3.11. The van der Waals surface area contributed by atoms with Gasteiger partial charge in [-0.25, -0.2) is 9.97 Å². The standard InChI is InChI=1S/C7H7N3/c1-6-9-3-2-7-4-8-5-10(6)7/h2-5H,1H3. The molecule has 0 spiro atoms. The molecule has 0 bridgehead atoms. The number of rotatable bonds is 0. The third-order valence-corrected chi connectivity index (χ3v) is 1.52. The molecule has 0 aliphatic carbocycles. The maximum atomic E-state index is 4.10. The van der Waals surface area contributed by atoms with E-state index in [0.717, 1.165) is 11.3 Å². The van der Waals surface area contributed by atoms with Crippen LogP contribution in [0.2, 0.25) is 0 Å². The fraction of sp³-hybridized carbons (Fsp3) is 0.143. The van der Waals surface area contributed by atoms with E-state index >= 15 is 0 Å². The highest BCUT2D eigenvalue weighted by Gasteiger charge is 1.93. The molecule has 0 aromatic carbocycles. The Morgan fingerprint density at radius 1 is 1.50 bits per heavy atom. The van der Waals surface area contributed by atoms with Gasteiger partial charge in [0, 0.05) is 6.20 Å². The first kappa shape index (κ1) is 5.41. The molecule has 3 nitrogen and oxygen atoms in total. The van der Waals surface area contributed by atoms with E-state index in [1.54, 1.807) is 12.5 Å². The average molecular weight is 133 g/mol. The molecule has 0 saturated heterocycles. The SMILES string of the molecule is Cc1nccc2cncn12. The lowest BCUT2D eigenvalue weighted by atomic mass is 10.5. The van der Waals surface area contributed by atoms with Crippen LogP contribution in [0.3, 0.4) is 0 Å². The molecular weight excluding hydrogens is 126 g/mol. The zero-order chi connectivity index (χ0) is 6.97. The summed E-state index contributed by atoms with van der Waals surface area (Å²) in [5.74, 6) is 0.968. The molecule has 0 amide bonds. The van der Waals surface area contributed by atoms with Crippen molar-refractivity contribution in [3.63, 3.8) is 0 Å². The van der Waals surface area contributed by atoms with Crippen LogP contribution in [0.4, 0.5) is 0 Å². The van der Waals surface area contributed by atoms with Crippen LogP contribution in [0, 0.1) is 6.92 Å². The van der Waals surface area contributed by atoms with Gasteiger partial charge in [-0.3, -0.25) is 4.40 Å². The minimum absolute atomic E-state index is 0.968. The number of aromatic nitrogens is 3. The van der Waals surface area contributed by atoms with E-state index in [1.807, 2.05) is 23.6 Å². The fourth-order valence-corrected chi connectivity index (χ4v) is 0.983. The van der Waals surface area contributed by atoms with Crippen LogP contribution in [0.5, 0.6) is 0 Å². The van der Waals surface area contributed by atoms with E-state index in [1.165, 1.54) is 0 Å². The third-order valence-electron chi connectivity index (χ3n) is 1.52. The Hall–Kier alpha value is -1.38. The summed E-state index contributed by atoms with van der Waals surface area (Å²) < 4.78 is 1.94. The van der Waals surface area contributed by atoms with E-state index in [2.05, 4.69) is 9.97 Å². The van der Waals surface area contributed by atoms with Crippen molar-refractivity contribution in [2.45, 2.75) is 6.92 Å². The molecule has 0 unspecified atom stereocenters. The van der Waals surface area contributed by atoms with Crippen LogP contribution in [0.25, 0.3) is 5.52 Å². The first-order valence-electron chi connectivity index (χ1n) is 3.11. The van der Waals surface area contributed by atoms with Gasteiger partial charge in [0.1, 0.15) is 12.2 Å². The molecule has 50 valence electrons. The Balaban J connectivity index is 2.95. The lowest BCUT2D eigenvalue weighted by molar-refractivity contribution is 0.981. The van der Waals surface area contributed by atoms with E-state index in [0.29, 0.717) is 0 Å². The van der Waals surface area contributed by atoms with Gasteiger partial charge >= 0.3 is 0 Å². The average Bonchev–Trinajstić information content (AvgIpc) is 2.36. The Morgan fingerprint density at radius 3 is 3.20 bits per heavy atom. The van der Waals surface area contributed by atoms with Gasteiger partial charge in [0.25, 0.3) is 0 Å². The molecule has 0 atom stereocenters. The van der Waals surface area contributed by atoms with Gasteiger partial charge in [0.05, 0.1) is 11.7 Å². The van der Waals surface area contributed by atoms with Crippen molar-refractivity contribution in [2.75, 3.05) is 0 Å². The van der Waals surface area contributed by atoms with Gasteiger partial charge in [-0.2, -0.15) is 0 Å². The molecule has 2 aromatic heterocycles. The second-order valence-electron chi connectivity index (χ2n) is 2.18. The Labute approximate surface area is 58.4 Å². The number of fused-ring (bicyclic) bond motifs is 1.